The van der Waals surface area contributed by atoms with Crippen LogP contribution in [0.15, 0.2) is 24.3 Å². The first-order chi connectivity index (χ1) is 10.3. The summed E-state index contributed by atoms with van der Waals surface area (Å²) in [6.45, 7) is 2.89. The zero-order valence-electron chi connectivity index (χ0n) is 12.0. The molecule has 1 aromatic carbocycles. The van der Waals surface area contributed by atoms with E-state index >= 15 is 0 Å². The minimum absolute atomic E-state index is 0.225. The molecule has 0 saturated carbocycles. The van der Waals surface area contributed by atoms with Gasteiger partial charge < -0.3 is 10.2 Å². The zero-order chi connectivity index (χ0) is 14.2. The van der Waals surface area contributed by atoms with E-state index in [-0.39, 0.29) is 5.91 Å². The van der Waals surface area contributed by atoms with Crippen LogP contribution < -0.4 is 5.32 Å². The van der Waals surface area contributed by atoms with Crippen molar-refractivity contribution in [3.8, 4) is 0 Å². The van der Waals surface area contributed by atoms with Crippen molar-refractivity contribution in [2.75, 3.05) is 19.6 Å². The molecule has 3 fully saturated rings. The van der Waals surface area contributed by atoms with Gasteiger partial charge >= 0.3 is 0 Å². The van der Waals surface area contributed by atoms with Gasteiger partial charge in [-0.3, -0.25) is 9.89 Å². The van der Waals surface area contributed by atoms with Crippen molar-refractivity contribution in [3.05, 3.63) is 30.0 Å². The highest BCUT2D eigenvalue weighted by Crippen LogP contribution is 2.25. The molecule has 0 spiro atoms. The van der Waals surface area contributed by atoms with Crippen LogP contribution in [-0.2, 0) is 11.2 Å². The van der Waals surface area contributed by atoms with Crippen molar-refractivity contribution in [1.29, 1.82) is 0 Å². The summed E-state index contributed by atoms with van der Waals surface area (Å²) in [5.74, 6) is 0.842. The Balaban J connectivity index is 1.55. The number of rotatable bonds is 2. The monoisotopic (exact) mass is 284 g/mol. The number of nitrogens with zero attached hydrogens (tertiary/aromatic N) is 2. The fourth-order valence-electron chi connectivity index (χ4n) is 3.64. The molecular weight excluding hydrogens is 264 g/mol. The van der Waals surface area contributed by atoms with Crippen LogP contribution in [0.3, 0.4) is 0 Å². The number of hydrogen-bond acceptors (Lipinski definition) is 3. The predicted molar refractivity (Wildman–Crippen MR) is 80.9 cm³/mol. The lowest BCUT2D eigenvalue weighted by molar-refractivity contribution is -0.134. The summed E-state index contributed by atoms with van der Waals surface area (Å²) in [6.07, 6.45) is 2.80. The molecule has 5 nitrogen and oxygen atoms in total. The van der Waals surface area contributed by atoms with Gasteiger partial charge in [-0.15, -0.1) is 0 Å². The molecule has 0 radical (unpaired) electrons. The van der Waals surface area contributed by atoms with Gasteiger partial charge in [-0.2, -0.15) is 5.10 Å². The average molecular weight is 284 g/mol. The number of carbonyl (C=O) groups is 1. The predicted octanol–water partition coefficient (Wildman–Crippen LogP) is 1.32. The second-order valence-electron chi connectivity index (χ2n) is 6.20. The minimum atomic E-state index is 0.225. The second-order valence-corrected chi connectivity index (χ2v) is 6.20. The van der Waals surface area contributed by atoms with E-state index in [1.54, 1.807) is 0 Å². The molecule has 2 N–H and O–H groups in total. The largest absolute Gasteiger partial charge is 0.338 e. The molecule has 1 aromatic heterocycles. The molecule has 3 saturated heterocycles. The number of carbonyl (C=O) groups excluding carboxylic acids is 1. The zero-order valence-corrected chi connectivity index (χ0v) is 12.0. The summed E-state index contributed by atoms with van der Waals surface area (Å²) in [7, 11) is 0. The quantitative estimate of drug-likeness (QED) is 0.874. The number of piperidine rings is 1. The summed E-state index contributed by atoms with van der Waals surface area (Å²) in [5.41, 5.74) is 1.86. The van der Waals surface area contributed by atoms with Crippen molar-refractivity contribution >= 4 is 16.8 Å². The van der Waals surface area contributed by atoms with E-state index < -0.39 is 0 Å². The number of H-pyrrole nitrogens is 1. The summed E-state index contributed by atoms with van der Waals surface area (Å²) in [4.78, 5) is 14.8. The Bertz CT molecular complexity index is 661. The Morgan fingerprint density at radius 2 is 2.19 bits per heavy atom. The fourth-order valence-corrected chi connectivity index (χ4v) is 3.64. The smallest absolute Gasteiger partial charge is 0.228 e. The Labute approximate surface area is 123 Å². The Morgan fingerprint density at radius 3 is 3.14 bits per heavy atom. The Morgan fingerprint density at radius 1 is 1.29 bits per heavy atom. The third-order valence-electron chi connectivity index (χ3n) is 4.81. The summed E-state index contributed by atoms with van der Waals surface area (Å²) < 4.78 is 0. The van der Waals surface area contributed by atoms with Crippen LogP contribution in [0.1, 0.15) is 18.5 Å². The SMILES string of the molecule is O=C(Cc1[nH]nc2ccccc12)N1C[C@@H]2CC[C@H]1CNC2. The topological polar surface area (TPSA) is 61.0 Å². The molecular formula is C16H20N4O. The van der Waals surface area contributed by atoms with Gasteiger partial charge in [0.2, 0.25) is 5.91 Å². The first-order valence-electron chi connectivity index (χ1n) is 7.73. The normalized spacial score (nSPS) is 25.2. The highest BCUT2D eigenvalue weighted by Gasteiger charge is 2.34. The number of para-hydroxylation sites is 1. The molecule has 4 heterocycles. The highest BCUT2D eigenvalue weighted by molar-refractivity contribution is 5.87. The molecule has 2 atom stereocenters. The minimum Gasteiger partial charge on any atom is -0.338 e. The number of amides is 1. The first kappa shape index (κ1) is 12.8. The molecule has 2 aromatic rings. The van der Waals surface area contributed by atoms with E-state index in [0.29, 0.717) is 18.4 Å². The molecule has 3 aliphatic rings. The van der Waals surface area contributed by atoms with E-state index in [1.165, 1.54) is 6.42 Å². The third kappa shape index (κ3) is 2.31. The van der Waals surface area contributed by atoms with Crippen LogP contribution >= 0.6 is 0 Å². The first-order valence-corrected chi connectivity index (χ1v) is 7.73. The maximum atomic E-state index is 12.7. The van der Waals surface area contributed by atoms with Gasteiger partial charge in [0.15, 0.2) is 0 Å². The molecule has 21 heavy (non-hydrogen) atoms. The van der Waals surface area contributed by atoms with Gasteiger partial charge in [-0.25, -0.2) is 0 Å². The van der Waals surface area contributed by atoms with Crippen molar-refractivity contribution in [2.45, 2.75) is 25.3 Å². The summed E-state index contributed by atoms with van der Waals surface area (Å²) in [6, 6.07) is 8.32. The van der Waals surface area contributed by atoms with Crippen LogP contribution in [0.5, 0.6) is 0 Å². The van der Waals surface area contributed by atoms with Crippen molar-refractivity contribution in [3.63, 3.8) is 0 Å². The van der Waals surface area contributed by atoms with Crippen molar-refractivity contribution in [2.24, 2.45) is 5.92 Å². The van der Waals surface area contributed by atoms with Gasteiger partial charge in [-0.05, 0) is 31.4 Å². The number of hydrogen-bond donors (Lipinski definition) is 2. The van der Waals surface area contributed by atoms with E-state index in [9.17, 15) is 4.79 Å². The molecule has 5 heteroatoms. The van der Waals surface area contributed by atoms with Crippen LogP contribution in [0.2, 0.25) is 0 Å². The van der Waals surface area contributed by atoms with E-state index in [2.05, 4.69) is 20.4 Å². The van der Waals surface area contributed by atoms with Gasteiger partial charge in [0.1, 0.15) is 0 Å². The van der Waals surface area contributed by atoms with E-state index in [1.807, 2.05) is 24.3 Å². The fraction of sp³-hybridized carbons (Fsp3) is 0.500. The van der Waals surface area contributed by atoms with Gasteiger partial charge in [0.05, 0.1) is 17.6 Å². The van der Waals surface area contributed by atoms with Crippen molar-refractivity contribution in [1.82, 2.24) is 20.4 Å². The lowest BCUT2D eigenvalue weighted by atomic mass is 9.94. The Hall–Kier alpha value is -1.88. The molecule has 0 aliphatic carbocycles. The molecule has 3 aliphatic heterocycles. The molecule has 5 rings (SSSR count). The highest BCUT2D eigenvalue weighted by atomic mass is 16.2. The van der Waals surface area contributed by atoms with E-state index in [0.717, 1.165) is 42.7 Å². The average Bonchev–Trinajstić information content (AvgIpc) is 2.69. The molecule has 2 bridgehead atoms. The van der Waals surface area contributed by atoms with Gasteiger partial charge in [0, 0.05) is 24.5 Å². The summed E-state index contributed by atoms with van der Waals surface area (Å²) in [5, 5.41) is 11.8. The number of nitrogens with one attached hydrogen (secondary N) is 2. The lowest BCUT2D eigenvalue weighted by Gasteiger charge is -2.36. The number of aromatic amines is 1. The van der Waals surface area contributed by atoms with Crippen LogP contribution in [-0.4, -0.2) is 46.7 Å². The van der Waals surface area contributed by atoms with Gasteiger partial charge in [0.25, 0.3) is 0 Å². The maximum absolute atomic E-state index is 12.7. The number of aromatic nitrogens is 2. The number of benzene rings is 1. The van der Waals surface area contributed by atoms with Gasteiger partial charge in [-0.1, -0.05) is 18.2 Å². The third-order valence-corrected chi connectivity index (χ3v) is 4.81. The molecule has 1 amide bonds. The molecule has 0 unspecified atom stereocenters. The van der Waals surface area contributed by atoms with E-state index in [4.69, 9.17) is 0 Å². The van der Waals surface area contributed by atoms with Crippen LogP contribution in [0.4, 0.5) is 0 Å². The second kappa shape index (κ2) is 5.15. The summed E-state index contributed by atoms with van der Waals surface area (Å²) >= 11 is 0. The van der Waals surface area contributed by atoms with Crippen molar-refractivity contribution < 1.29 is 4.79 Å². The van der Waals surface area contributed by atoms with Crippen LogP contribution in [0, 0.1) is 5.92 Å². The lowest BCUT2D eigenvalue weighted by Crippen LogP contribution is -2.47. The molecule has 110 valence electrons. The van der Waals surface area contributed by atoms with Crippen LogP contribution in [0.25, 0.3) is 10.9 Å². The maximum Gasteiger partial charge on any atom is 0.228 e. The number of fused-ring (bicyclic) bond motifs is 5. The standard InChI is InChI=1S/C16H20N4O/c21-16(20-10-11-5-6-12(20)9-17-8-11)7-15-13-3-1-2-4-14(13)18-19-15/h1-4,11-12,17H,5-10H2,(H,18,19)/t11-,12+/m1/s1. The Kier molecular flexibility index (Phi) is 3.15.